The predicted octanol–water partition coefficient (Wildman–Crippen LogP) is 1.22. The quantitative estimate of drug-likeness (QED) is 0.866. The molecule has 24 heavy (non-hydrogen) atoms. The molecular weight excluding hydrogens is 324 g/mol. The van der Waals surface area contributed by atoms with E-state index in [0.717, 1.165) is 38.9 Å². The fraction of sp³-hybridized carbons (Fsp3) is 0.667. The van der Waals surface area contributed by atoms with Crippen LogP contribution in [0.2, 0.25) is 0 Å². The lowest BCUT2D eigenvalue weighted by atomic mass is 9.72. The summed E-state index contributed by atoms with van der Waals surface area (Å²) < 4.78 is 25.0. The van der Waals surface area contributed by atoms with E-state index < -0.39 is 10.0 Å². The number of nitrogens with zero attached hydrogens (tertiary/aromatic N) is 2. The molecule has 1 aromatic rings. The summed E-state index contributed by atoms with van der Waals surface area (Å²) in [4.78, 5) is 2.34. The van der Waals surface area contributed by atoms with Gasteiger partial charge in [-0.2, -0.15) is 0 Å². The fourth-order valence-electron chi connectivity index (χ4n) is 4.20. The first kappa shape index (κ1) is 17.9. The van der Waals surface area contributed by atoms with Crippen LogP contribution in [0.25, 0.3) is 0 Å². The number of sulfonamides is 1. The van der Waals surface area contributed by atoms with Gasteiger partial charge in [0.2, 0.25) is 10.0 Å². The zero-order valence-electron chi connectivity index (χ0n) is 14.6. The average molecular weight is 352 g/mol. The van der Waals surface area contributed by atoms with E-state index in [-0.39, 0.29) is 17.3 Å². The van der Waals surface area contributed by atoms with Crippen molar-refractivity contribution in [2.45, 2.75) is 37.2 Å². The van der Waals surface area contributed by atoms with E-state index in [0.29, 0.717) is 6.42 Å². The maximum Gasteiger partial charge on any atom is 0.213 e. The second kappa shape index (κ2) is 6.75. The molecule has 3 rings (SSSR count). The van der Waals surface area contributed by atoms with E-state index in [2.05, 4.69) is 23.1 Å². The Hall–Kier alpha value is -0.950. The van der Waals surface area contributed by atoms with Crippen LogP contribution in [0.5, 0.6) is 0 Å². The van der Waals surface area contributed by atoms with Crippen LogP contribution in [-0.4, -0.2) is 68.3 Å². The Labute approximate surface area is 145 Å². The molecule has 1 N–H and O–H groups in total. The minimum absolute atomic E-state index is 0.0944. The van der Waals surface area contributed by atoms with E-state index in [4.69, 9.17) is 0 Å². The zero-order valence-corrected chi connectivity index (χ0v) is 15.4. The molecule has 2 aliphatic rings. The van der Waals surface area contributed by atoms with E-state index in [1.54, 1.807) is 14.1 Å². The maximum atomic E-state index is 11.8. The number of likely N-dealkylation sites (tertiary alicyclic amines) is 1. The first-order chi connectivity index (χ1) is 11.3. The largest absolute Gasteiger partial charge is 0.392 e. The summed E-state index contributed by atoms with van der Waals surface area (Å²) in [7, 11) is 0.0612. The number of hydrogen-bond acceptors (Lipinski definition) is 4. The zero-order chi connectivity index (χ0) is 17.4. The van der Waals surface area contributed by atoms with Crippen molar-refractivity contribution in [2.75, 3.05) is 39.5 Å². The minimum Gasteiger partial charge on any atom is -0.392 e. The maximum absolute atomic E-state index is 11.8. The van der Waals surface area contributed by atoms with Gasteiger partial charge in [0.15, 0.2) is 0 Å². The second-order valence-corrected chi connectivity index (χ2v) is 9.63. The summed E-state index contributed by atoms with van der Waals surface area (Å²) in [6.07, 6.45) is 3.03. The van der Waals surface area contributed by atoms with Crippen molar-refractivity contribution in [1.82, 2.24) is 9.21 Å². The number of aliphatic hydroxyl groups is 1. The molecule has 0 unspecified atom stereocenters. The Balaban J connectivity index is 1.57. The van der Waals surface area contributed by atoms with Crippen molar-refractivity contribution in [3.8, 4) is 0 Å². The van der Waals surface area contributed by atoms with Crippen LogP contribution in [0.1, 0.15) is 30.4 Å². The lowest BCUT2D eigenvalue weighted by Crippen LogP contribution is -2.47. The first-order valence-corrected chi connectivity index (χ1v) is 10.3. The third kappa shape index (κ3) is 3.25. The first-order valence-electron chi connectivity index (χ1n) is 8.74. The Morgan fingerprint density at radius 2 is 1.92 bits per heavy atom. The molecule has 0 aromatic heterocycles. The van der Waals surface area contributed by atoms with Gasteiger partial charge in [-0.15, -0.1) is 0 Å². The normalized spacial score (nSPS) is 23.8. The third-order valence-corrected chi connectivity index (χ3v) is 7.70. The number of fused-ring (bicyclic) bond motifs is 2. The SMILES string of the molecule is CN(C)S(=O)(=O)CCCN1CCC2(CC1)c1ccccc1C[C@H]2O. The highest BCUT2D eigenvalue weighted by Gasteiger charge is 2.47. The van der Waals surface area contributed by atoms with Gasteiger partial charge in [-0.05, 0) is 56.4 Å². The molecule has 1 fully saturated rings. The van der Waals surface area contributed by atoms with Gasteiger partial charge < -0.3 is 10.0 Å². The number of rotatable bonds is 5. The molecule has 0 bridgehead atoms. The van der Waals surface area contributed by atoms with Crippen molar-refractivity contribution < 1.29 is 13.5 Å². The van der Waals surface area contributed by atoms with Gasteiger partial charge >= 0.3 is 0 Å². The highest BCUT2D eigenvalue weighted by molar-refractivity contribution is 7.89. The fourth-order valence-corrected chi connectivity index (χ4v) is 5.06. The Kier molecular flexibility index (Phi) is 5.02. The molecule has 0 saturated carbocycles. The van der Waals surface area contributed by atoms with Gasteiger partial charge in [0, 0.05) is 19.5 Å². The van der Waals surface area contributed by atoms with Gasteiger partial charge in [-0.25, -0.2) is 12.7 Å². The van der Waals surface area contributed by atoms with Gasteiger partial charge in [-0.1, -0.05) is 24.3 Å². The smallest absolute Gasteiger partial charge is 0.213 e. The molecule has 1 saturated heterocycles. The summed E-state index contributed by atoms with van der Waals surface area (Å²) in [5.74, 6) is 0.201. The highest BCUT2D eigenvalue weighted by Crippen LogP contribution is 2.46. The van der Waals surface area contributed by atoms with Crippen molar-refractivity contribution in [3.05, 3.63) is 35.4 Å². The van der Waals surface area contributed by atoms with Gasteiger partial charge in [0.1, 0.15) is 0 Å². The molecule has 1 heterocycles. The molecule has 6 heteroatoms. The number of aliphatic hydroxyl groups excluding tert-OH is 1. The summed E-state index contributed by atoms with van der Waals surface area (Å²) in [6.45, 7) is 2.65. The van der Waals surface area contributed by atoms with Crippen LogP contribution in [0.15, 0.2) is 24.3 Å². The molecule has 1 aliphatic carbocycles. The molecule has 134 valence electrons. The van der Waals surface area contributed by atoms with E-state index in [1.807, 2.05) is 6.07 Å². The van der Waals surface area contributed by atoms with Crippen molar-refractivity contribution in [2.24, 2.45) is 0 Å². The van der Waals surface area contributed by atoms with E-state index in [1.165, 1.54) is 15.4 Å². The van der Waals surface area contributed by atoms with Crippen LogP contribution in [0.3, 0.4) is 0 Å². The average Bonchev–Trinajstić information content (AvgIpc) is 2.81. The highest BCUT2D eigenvalue weighted by atomic mass is 32.2. The van der Waals surface area contributed by atoms with Crippen LogP contribution in [0.4, 0.5) is 0 Å². The van der Waals surface area contributed by atoms with Gasteiger partial charge in [0.25, 0.3) is 0 Å². The van der Waals surface area contributed by atoms with Crippen LogP contribution >= 0.6 is 0 Å². The lowest BCUT2D eigenvalue weighted by molar-refractivity contribution is 0.0435. The van der Waals surface area contributed by atoms with Crippen molar-refractivity contribution in [1.29, 1.82) is 0 Å². The van der Waals surface area contributed by atoms with Crippen molar-refractivity contribution >= 4 is 10.0 Å². The molecular formula is C18H28N2O3S. The number of piperidine rings is 1. The van der Waals surface area contributed by atoms with Crippen LogP contribution in [-0.2, 0) is 21.9 Å². The lowest BCUT2D eigenvalue weighted by Gasteiger charge is -2.42. The molecule has 0 radical (unpaired) electrons. The summed E-state index contributed by atoms with van der Waals surface area (Å²) in [5.41, 5.74) is 2.52. The third-order valence-electron chi connectivity index (χ3n) is 5.79. The Morgan fingerprint density at radius 3 is 2.58 bits per heavy atom. The molecule has 5 nitrogen and oxygen atoms in total. The number of hydrogen-bond donors (Lipinski definition) is 1. The predicted molar refractivity (Wildman–Crippen MR) is 95.6 cm³/mol. The number of benzene rings is 1. The van der Waals surface area contributed by atoms with E-state index >= 15 is 0 Å². The van der Waals surface area contributed by atoms with Gasteiger partial charge in [-0.3, -0.25) is 0 Å². The van der Waals surface area contributed by atoms with E-state index in [9.17, 15) is 13.5 Å². The summed E-state index contributed by atoms with van der Waals surface area (Å²) in [5, 5.41) is 10.7. The minimum atomic E-state index is -3.10. The molecule has 1 spiro atoms. The van der Waals surface area contributed by atoms with Crippen LogP contribution in [0, 0.1) is 0 Å². The molecule has 1 aromatic carbocycles. The molecule has 1 atom stereocenters. The Bertz CT molecular complexity index is 679. The van der Waals surface area contributed by atoms with Crippen LogP contribution < -0.4 is 0 Å². The Morgan fingerprint density at radius 1 is 1.25 bits per heavy atom. The van der Waals surface area contributed by atoms with Crippen molar-refractivity contribution in [3.63, 3.8) is 0 Å². The standard InChI is InChI=1S/C18H28N2O3S/c1-19(2)24(22,23)13-5-10-20-11-8-18(9-12-20)16-7-4-3-6-15(16)14-17(18)21/h3-4,6-7,17,21H,5,8-14H2,1-2H3/t17-/m1/s1. The summed E-state index contributed by atoms with van der Waals surface area (Å²) >= 11 is 0. The van der Waals surface area contributed by atoms with Gasteiger partial charge in [0.05, 0.1) is 11.9 Å². The molecule has 0 amide bonds. The monoisotopic (exact) mass is 352 g/mol. The second-order valence-electron chi connectivity index (χ2n) is 7.33. The topological polar surface area (TPSA) is 60.9 Å². The summed E-state index contributed by atoms with van der Waals surface area (Å²) in [6, 6.07) is 8.42. The molecule has 1 aliphatic heterocycles.